The lowest BCUT2D eigenvalue weighted by Crippen LogP contribution is -2.03. The summed E-state index contributed by atoms with van der Waals surface area (Å²) in [5, 5.41) is 7.38. The second kappa shape index (κ2) is 4.73. The van der Waals surface area contributed by atoms with Gasteiger partial charge in [-0.2, -0.15) is 5.10 Å². The maximum absolute atomic E-state index is 11.0. The van der Waals surface area contributed by atoms with E-state index in [4.69, 9.17) is 11.6 Å². The van der Waals surface area contributed by atoms with Crippen LogP contribution < -0.4 is 5.32 Å². The summed E-state index contributed by atoms with van der Waals surface area (Å²) in [7, 11) is 1.82. The molecule has 94 valence electrons. The van der Waals surface area contributed by atoms with Gasteiger partial charge in [-0.05, 0) is 13.8 Å². The molecule has 0 spiro atoms. The molecule has 0 saturated heterocycles. The molecule has 0 aliphatic rings. The molecule has 0 saturated carbocycles. The van der Waals surface area contributed by atoms with E-state index in [9.17, 15) is 4.79 Å². The third-order valence-corrected chi connectivity index (χ3v) is 2.68. The quantitative estimate of drug-likeness (QED) is 0.679. The number of carbonyl (C=O) groups excluding carboxylic acids is 1. The summed E-state index contributed by atoms with van der Waals surface area (Å²) >= 11 is 5.90. The maximum atomic E-state index is 11.0. The van der Waals surface area contributed by atoms with E-state index in [0.29, 0.717) is 17.9 Å². The number of rotatable bonds is 3. The van der Waals surface area contributed by atoms with Crippen LogP contribution in [0.3, 0.4) is 0 Å². The molecule has 6 nitrogen and oxygen atoms in total. The molecular weight excluding hydrogens is 254 g/mol. The van der Waals surface area contributed by atoms with Crippen molar-refractivity contribution in [2.24, 2.45) is 7.05 Å². The Morgan fingerprint density at radius 1 is 1.39 bits per heavy atom. The Morgan fingerprint density at radius 3 is 2.67 bits per heavy atom. The lowest BCUT2D eigenvalue weighted by molar-refractivity contribution is 0.112. The molecule has 0 amide bonds. The molecule has 0 atom stereocenters. The lowest BCUT2D eigenvalue weighted by atomic mass is 10.3. The average Bonchev–Trinajstić information content (AvgIpc) is 2.57. The number of aldehydes is 1. The minimum absolute atomic E-state index is 0.140. The molecule has 1 N–H and O–H groups in total. The number of aryl methyl sites for hydroxylation is 3. The van der Waals surface area contributed by atoms with E-state index in [-0.39, 0.29) is 10.7 Å². The Balaban J connectivity index is 2.45. The summed E-state index contributed by atoms with van der Waals surface area (Å²) in [5.74, 6) is 0.883. The van der Waals surface area contributed by atoms with Gasteiger partial charge in [0.05, 0.1) is 16.9 Å². The predicted molar refractivity (Wildman–Crippen MR) is 68.4 cm³/mol. The van der Waals surface area contributed by atoms with Gasteiger partial charge in [-0.25, -0.2) is 9.97 Å². The molecule has 0 radical (unpaired) electrons. The summed E-state index contributed by atoms with van der Waals surface area (Å²) in [6.45, 7) is 3.57. The normalized spacial score (nSPS) is 10.4. The first-order valence-corrected chi connectivity index (χ1v) is 5.65. The second-order valence-corrected chi connectivity index (χ2v) is 4.23. The van der Waals surface area contributed by atoms with E-state index in [2.05, 4.69) is 20.4 Å². The largest absolute Gasteiger partial charge is 0.337 e. The third-order valence-electron chi connectivity index (χ3n) is 2.40. The van der Waals surface area contributed by atoms with Gasteiger partial charge >= 0.3 is 0 Å². The average molecular weight is 266 g/mol. The van der Waals surface area contributed by atoms with E-state index < -0.39 is 0 Å². The number of aromatic nitrogens is 4. The molecular formula is C11H12ClN5O. The Hall–Kier alpha value is -1.95. The van der Waals surface area contributed by atoms with Gasteiger partial charge in [-0.1, -0.05) is 11.6 Å². The van der Waals surface area contributed by atoms with Crippen LogP contribution in [0, 0.1) is 13.8 Å². The number of hydrogen-bond acceptors (Lipinski definition) is 5. The van der Waals surface area contributed by atoms with E-state index in [1.54, 1.807) is 17.8 Å². The zero-order valence-corrected chi connectivity index (χ0v) is 11.0. The van der Waals surface area contributed by atoms with Crippen molar-refractivity contribution in [2.75, 3.05) is 5.32 Å². The van der Waals surface area contributed by atoms with Crippen molar-refractivity contribution in [3.8, 4) is 0 Å². The second-order valence-electron chi connectivity index (χ2n) is 3.87. The Kier molecular flexibility index (Phi) is 3.29. The molecule has 0 aliphatic carbocycles. The number of nitrogens with zero attached hydrogens (tertiary/aromatic N) is 4. The van der Waals surface area contributed by atoms with Crippen LogP contribution in [0.4, 0.5) is 11.5 Å². The maximum Gasteiger partial charge on any atom is 0.156 e. The van der Waals surface area contributed by atoms with Gasteiger partial charge in [-0.15, -0.1) is 0 Å². The first-order chi connectivity index (χ1) is 8.51. The number of carbonyl (C=O) groups is 1. The molecule has 0 aromatic carbocycles. The molecule has 2 aromatic rings. The zero-order valence-electron chi connectivity index (χ0n) is 10.2. The van der Waals surface area contributed by atoms with Crippen molar-refractivity contribution in [2.45, 2.75) is 13.8 Å². The lowest BCUT2D eigenvalue weighted by Gasteiger charge is -2.08. The number of hydrogen-bond donors (Lipinski definition) is 1. The molecule has 0 bridgehead atoms. The van der Waals surface area contributed by atoms with Crippen molar-refractivity contribution in [3.63, 3.8) is 0 Å². The number of halogens is 1. The van der Waals surface area contributed by atoms with Crippen LogP contribution in [0.5, 0.6) is 0 Å². The van der Waals surface area contributed by atoms with Crippen molar-refractivity contribution >= 4 is 29.4 Å². The predicted octanol–water partition coefficient (Wildman–Crippen LogP) is 2.04. The minimum atomic E-state index is 0.140. The van der Waals surface area contributed by atoms with Crippen LogP contribution in [-0.4, -0.2) is 26.0 Å². The Morgan fingerprint density at radius 2 is 2.11 bits per heavy atom. The summed E-state index contributed by atoms with van der Waals surface area (Å²) in [6, 6.07) is 0. The summed E-state index contributed by atoms with van der Waals surface area (Å²) in [6.07, 6.45) is 2.44. The highest BCUT2D eigenvalue weighted by molar-refractivity contribution is 6.32. The first kappa shape index (κ1) is 12.5. The number of anilines is 2. The van der Waals surface area contributed by atoms with Gasteiger partial charge in [0.15, 0.2) is 6.29 Å². The molecule has 2 rings (SSSR count). The highest BCUT2D eigenvalue weighted by atomic mass is 35.5. The van der Waals surface area contributed by atoms with Crippen LogP contribution in [0.25, 0.3) is 0 Å². The van der Waals surface area contributed by atoms with Gasteiger partial charge in [-0.3, -0.25) is 9.48 Å². The fourth-order valence-corrected chi connectivity index (χ4v) is 1.85. The van der Waals surface area contributed by atoms with E-state index in [1.165, 1.54) is 0 Å². The van der Waals surface area contributed by atoms with E-state index in [1.807, 2.05) is 14.0 Å². The molecule has 18 heavy (non-hydrogen) atoms. The van der Waals surface area contributed by atoms with Gasteiger partial charge < -0.3 is 5.32 Å². The van der Waals surface area contributed by atoms with Gasteiger partial charge in [0, 0.05) is 13.2 Å². The standard InChI is InChI=1S/C11H12ClN5O/c1-6-9(4-17(3)16-6)15-11-8(5-18)10(12)13-7(2)14-11/h4-5H,1-3H3,(H,13,14,15). The summed E-state index contributed by atoms with van der Waals surface area (Å²) < 4.78 is 1.67. The smallest absolute Gasteiger partial charge is 0.156 e. The number of nitrogens with one attached hydrogen (secondary N) is 1. The Labute approximate surface area is 109 Å². The van der Waals surface area contributed by atoms with Crippen molar-refractivity contribution < 1.29 is 4.79 Å². The first-order valence-electron chi connectivity index (χ1n) is 5.28. The molecule has 2 heterocycles. The van der Waals surface area contributed by atoms with Gasteiger partial charge in [0.1, 0.15) is 16.8 Å². The summed E-state index contributed by atoms with van der Waals surface area (Å²) in [5.41, 5.74) is 1.82. The van der Waals surface area contributed by atoms with Crippen LogP contribution in [-0.2, 0) is 7.05 Å². The molecule has 0 fully saturated rings. The van der Waals surface area contributed by atoms with Crippen LogP contribution in [0.2, 0.25) is 5.15 Å². The SMILES string of the molecule is Cc1nc(Cl)c(C=O)c(Nc2cn(C)nc2C)n1. The fraction of sp³-hybridized carbons (Fsp3) is 0.273. The van der Waals surface area contributed by atoms with Gasteiger partial charge in [0.25, 0.3) is 0 Å². The van der Waals surface area contributed by atoms with E-state index >= 15 is 0 Å². The molecule has 2 aromatic heterocycles. The minimum Gasteiger partial charge on any atom is -0.337 e. The van der Waals surface area contributed by atoms with Crippen molar-refractivity contribution in [3.05, 3.63) is 28.4 Å². The van der Waals surface area contributed by atoms with Gasteiger partial charge in [0.2, 0.25) is 0 Å². The zero-order chi connectivity index (χ0) is 13.3. The van der Waals surface area contributed by atoms with E-state index in [0.717, 1.165) is 11.4 Å². The van der Waals surface area contributed by atoms with Crippen LogP contribution in [0.15, 0.2) is 6.20 Å². The van der Waals surface area contributed by atoms with Crippen LogP contribution >= 0.6 is 11.6 Å². The monoisotopic (exact) mass is 265 g/mol. The highest BCUT2D eigenvalue weighted by Crippen LogP contribution is 2.24. The molecule has 0 aliphatic heterocycles. The third kappa shape index (κ3) is 2.33. The molecule has 0 unspecified atom stereocenters. The molecule has 7 heteroatoms. The Bertz CT molecular complexity index is 608. The fourth-order valence-electron chi connectivity index (χ4n) is 1.60. The van der Waals surface area contributed by atoms with Crippen LogP contribution in [0.1, 0.15) is 21.9 Å². The highest BCUT2D eigenvalue weighted by Gasteiger charge is 2.13. The van der Waals surface area contributed by atoms with Crippen molar-refractivity contribution in [1.29, 1.82) is 0 Å². The summed E-state index contributed by atoms with van der Waals surface area (Å²) in [4.78, 5) is 19.1. The topological polar surface area (TPSA) is 72.7 Å². The van der Waals surface area contributed by atoms with Crippen molar-refractivity contribution in [1.82, 2.24) is 19.7 Å².